The number of benzene rings is 1. The van der Waals surface area contributed by atoms with Gasteiger partial charge in [0.25, 0.3) is 0 Å². The van der Waals surface area contributed by atoms with Crippen LogP contribution < -0.4 is 15.2 Å². The Morgan fingerprint density at radius 1 is 1.40 bits per heavy atom. The van der Waals surface area contributed by atoms with E-state index in [0.717, 1.165) is 13.2 Å². The first-order valence-electron chi connectivity index (χ1n) is 21.9. The maximum Gasteiger partial charge on any atom is 0.323 e. The van der Waals surface area contributed by atoms with E-state index in [4.69, 9.17) is 47.4 Å². The molecule has 2 aliphatic rings. The first-order valence-corrected chi connectivity index (χ1v) is 8.44. The molecular weight excluding hydrogens is 380 g/mol. The molecule has 168 valence electrons. The molecule has 2 N–H and O–H groups in total. The molecule has 1 aromatic carbocycles. The molecular formula is C24H38N2O4. The minimum absolute atomic E-state index is 0.00508. The zero-order chi connectivity index (χ0) is 45.4. The summed E-state index contributed by atoms with van der Waals surface area (Å²) in [6.45, 7) is -22.9. The summed E-state index contributed by atoms with van der Waals surface area (Å²) in [7, 11) is -2.25. The maximum atomic E-state index is 14.0. The fourth-order valence-corrected chi connectivity index (χ4v) is 2.90. The Balaban J connectivity index is 2.68. The minimum atomic E-state index is -5.08. The van der Waals surface area contributed by atoms with E-state index in [1.54, 1.807) is 0 Å². The van der Waals surface area contributed by atoms with Gasteiger partial charge in [-0.1, -0.05) is 27.4 Å². The SMILES string of the molecule is [2H]C([2H])([2H])Oc1cc2c(cc1OC)CCN1C([2H])([2H])C([2H])(C([2H])([2H])C([2H])(C([2H])([2H])[2H])C([2H])([2H])[2H])C([2H])(OC(=O)[C@@]([2H])(N)C([2H])(C([2H])([2H])[2H])C([2H])([2H])[2H])C([2H])([2H])C21[2H]. The summed E-state index contributed by atoms with van der Waals surface area (Å²) >= 11 is 0. The smallest absolute Gasteiger partial charge is 0.323 e. The molecule has 4 atom stereocenters. The zero-order valence-corrected chi connectivity index (χ0v) is 15.7. The average molecular weight is 446 g/mol. The summed E-state index contributed by atoms with van der Waals surface area (Å²) in [5.74, 6) is -18.4. The molecule has 0 amide bonds. The Morgan fingerprint density at radius 3 is 2.90 bits per heavy atom. The van der Waals surface area contributed by atoms with Crippen LogP contribution in [0.5, 0.6) is 11.5 Å². The summed E-state index contributed by atoms with van der Waals surface area (Å²) in [6.07, 6.45) is -15.2. The van der Waals surface area contributed by atoms with Crippen molar-refractivity contribution in [2.75, 3.05) is 27.2 Å². The Hall–Kier alpha value is -1.79. The van der Waals surface area contributed by atoms with Crippen LogP contribution in [0, 0.1) is 17.7 Å². The number of ether oxygens (including phenoxy) is 3. The molecule has 2 heterocycles. The van der Waals surface area contributed by atoms with Gasteiger partial charge in [0.15, 0.2) is 11.5 Å². The van der Waals surface area contributed by atoms with Crippen LogP contribution in [0.2, 0.25) is 0 Å². The normalized spacial score (nSPS) is 53.2. The minimum Gasteiger partial charge on any atom is -0.493 e. The molecule has 3 unspecified atom stereocenters. The number of carbonyl (C=O) groups excluding carboxylic acids is 1. The van der Waals surface area contributed by atoms with Crippen molar-refractivity contribution in [1.29, 1.82) is 0 Å². The van der Waals surface area contributed by atoms with E-state index >= 15 is 0 Å². The summed E-state index contributed by atoms with van der Waals surface area (Å²) in [6, 6.07) is -6.72. The molecule has 6 nitrogen and oxygen atoms in total. The fraction of sp³-hybridized carbons (Fsp3) is 0.708. The fourth-order valence-electron chi connectivity index (χ4n) is 2.90. The van der Waals surface area contributed by atoms with Gasteiger partial charge in [0.2, 0.25) is 0 Å². The van der Waals surface area contributed by atoms with Crippen molar-refractivity contribution < 1.29 is 56.0 Å². The van der Waals surface area contributed by atoms with Crippen LogP contribution in [0.1, 0.15) is 94.3 Å². The van der Waals surface area contributed by atoms with Gasteiger partial charge in [-0.15, -0.1) is 0 Å². The van der Waals surface area contributed by atoms with E-state index in [2.05, 4.69) is 0 Å². The largest absolute Gasteiger partial charge is 0.493 e. The predicted octanol–water partition coefficient (Wildman–Crippen LogP) is 3.56. The molecule has 1 saturated heterocycles. The van der Waals surface area contributed by atoms with Crippen LogP contribution in [0.4, 0.5) is 0 Å². The molecule has 2 aliphatic heterocycles. The molecule has 1 aromatic rings. The third kappa shape index (κ3) is 4.75. The van der Waals surface area contributed by atoms with Gasteiger partial charge >= 0.3 is 5.97 Å². The topological polar surface area (TPSA) is 74.0 Å². The summed E-state index contributed by atoms with van der Waals surface area (Å²) in [5, 5.41) is 0. The second-order valence-corrected chi connectivity index (χ2v) is 6.13. The highest BCUT2D eigenvalue weighted by Gasteiger charge is 2.41. The predicted molar refractivity (Wildman–Crippen MR) is 118 cm³/mol. The number of hydrogen-bond acceptors (Lipinski definition) is 6. The highest BCUT2D eigenvalue weighted by molar-refractivity contribution is 5.76. The number of esters is 1. The number of rotatable bonds is 7. The lowest BCUT2D eigenvalue weighted by Gasteiger charge is -2.47. The first-order chi connectivity index (χ1) is 24.7. The van der Waals surface area contributed by atoms with Crippen LogP contribution in [0.3, 0.4) is 0 Å². The van der Waals surface area contributed by atoms with Gasteiger partial charge in [-0.3, -0.25) is 9.69 Å². The van der Waals surface area contributed by atoms with Gasteiger partial charge in [-0.05, 0) is 47.8 Å². The van der Waals surface area contributed by atoms with Crippen LogP contribution in [-0.4, -0.2) is 50.2 Å². The second-order valence-electron chi connectivity index (χ2n) is 6.13. The molecule has 3 rings (SSSR count). The van der Waals surface area contributed by atoms with Gasteiger partial charge in [0.1, 0.15) is 12.1 Å². The molecule has 0 aromatic heterocycles. The van der Waals surface area contributed by atoms with E-state index in [1.807, 2.05) is 0 Å². The van der Waals surface area contributed by atoms with Crippen molar-refractivity contribution in [3.05, 3.63) is 23.3 Å². The van der Waals surface area contributed by atoms with E-state index in [1.165, 1.54) is 0 Å². The lowest BCUT2D eigenvalue weighted by Crippen LogP contribution is -2.51. The van der Waals surface area contributed by atoms with Crippen molar-refractivity contribution in [3.63, 3.8) is 0 Å². The Bertz CT molecular complexity index is 1720. The molecule has 6 heteroatoms. The van der Waals surface area contributed by atoms with Gasteiger partial charge in [-0.25, -0.2) is 0 Å². The van der Waals surface area contributed by atoms with Crippen LogP contribution in [-0.2, 0) is 16.0 Å². The first kappa shape index (κ1) is 6.38. The Kier molecular flexibility index (Phi) is 2.03. The number of hydrogen-bond donors (Lipinski definition) is 1. The van der Waals surface area contributed by atoms with E-state index in [0.29, 0.717) is 6.07 Å². The Morgan fingerprint density at radius 2 is 2.20 bits per heavy atom. The number of piperidine rings is 1. The van der Waals surface area contributed by atoms with Crippen molar-refractivity contribution >= 4 is 5.97 Å². The van der Waals surface area contributed by atoms with Crippen LogP contribution in [0.25, 0.3) is 0 Å². The second kappa shape index (κ2) is 9.56. The number of methoxy groups -OCH3 is 2. The maximum absolute atomic E-state index is 14.0. The van der Waals surface area contributed by atoms with Gasteiger partial charge < -0.3 is 19.9 Å². The van der Waals surface area contributed by atoms with Gasteiger partial charge in [0, 0.05) is 60.1 Å². The van der Waals surface area contributed by atoms with E-state index in [9.17, 15) is 14.4 Å². The van der Waals surface area contributed by atoms with E-state index < -0.39 is 120 Å². The number of nitrogens with two attached hydrogens (primary N) is 1. The summed E-state index contributed by atoms with van der Waals surface area (Å²) in [4.78, 5) is 14.0. The monoisotopic (exact) mass is 445 g/mol. The summed E-state index contributed by atoms with van der Waals surface area (Å²) < 4.78 is 240. The number of fused-ring (bicyclic) bond motifs is 3. The van der Waals surface area contributed by atoms with Gasteiger partial charge in [0.05, 0.1) is 22.4 Å². The molecule has 0 radical (unpaired) electrons. The Labute approximate surface area is 219 Å². The quantitative estimate of drug-likeness (QED) is 0.647. The van der Waals surface area contributed by atoms with Gasteiger partial charge in [-0.2, -0.15) is 0 Å². The zero-order valence-electron chi connectivity index (χ0n) is 42.7. The molecule has 0 bridgehead atoms. The number of carbonyl (C=O) groups is 1. The third-order valence-electron chi connectivity index (χ3n) is 4.27. The lowest BCUT2D eigenvalue weighted by atomic mass is 9.79. The molecule has 1 fully saturated rings. The average Bonchev–Trinajstić information content (AvgIpc) is 2.99. The van der Waals surface area contributed by atoms with Crippen LogP contribution in [0.15, 0.2) is 12.1 Å². The molecule has 0 aliphatic carbocycles. The molecule has 30 heavy (non-hydrogen) atoms. The third-order valence-corrected chi connectivity index (χ3v) is 4.27. The summed E-state index contributed by atoms with van der Waals surface area (Å²) in [5.41, 5.74) is 4.51. The van der Waals surface area contributed by atoms with Crippen molar-refractivity contribution in [2.24, 2.45) is 23.4 Å². The van der Waals surface area contributed by atoms with Crippen LogP contribution >= 0.6 is 0 Å². The number of nitrogens with zero attached hydrogens (tertiary/aromatic N) is 1. The van der Waals surface area contributed by atoms with Crippen molar-refractivity contribution in [3.8, 4) is 11.5 Å². The van der Waals surface area contributed by atoms with Crippen molar-refractivity contribution in [1.82, 2.24) is 4.90 Å². The highest BCUT2D eigenvalue weighted by Crippen LogP contribution is 2.44. The van der Waals surface area contributed by atoms with Crippen molar-refractivity contribution in [2.45, 2.75) is 64.7 Å². The molecule has 0 spiro atoms. The van der Waals surface area contributed by atoms with E-state index in [-0.39, 0.29) is 16.2 Å². The molecule has 0 saturated carbocycles. The lowest BCUT2D eigenvalue weighted by molar-refractivity contribution is -0.160. The standard InChI is InChI=1S/C24H38N2O4/c1-14(2)9-17-13-26-8-7-16-10-21(28-5)22(29-6)11-18(16)19(26)12-20(17)30-24(27)23(25)15(3)4/h10-11,14-15,17,19-20,23H,7-9,12-13,25H2,1-6H3/t17?,19?,20?,23-/m0/s1/i1D3,2D3,3D3,4D3,6D3,9D2,12D2,13D2,14D,15D,17D,19D,20D,23D. The highest BCUT2D eigenvalue weighted by atomic mass is 16.5.